The highest BCUT2D eigenvalue weighted by atomic mass is 16.2. The summed E-state index contributed by atoms with van der Waals surface area (Å²) < 4.78 is 0. The van der Waals surface area contributed by atoms with Crippen molar-refractivity contribution in [1.29, 1.82) is 0 Å². The number of nitrogens with one attached hydrogen (secondary N) is 2. The van der Waals surface area contributed by atoms with Gasteiger partial charge < -0.3 is 10.2 Å². The van der Waals surface area contributed by atoms with Crippen LogP contribution in [0.25, 0.3) is 0 Å². The standard InChI is InChI=1S/C18H20N4O2/c1-11-15(9-19-21-11)18(24)20-13-7-17(23)22(10-13)16-8-14(16)12-5-3-2-4-6-12/h2-6,9,13-14,16H,7-8,10H2,1H3,(H,19,21)(H,20,24)/t13-,14+,16-/m1/s1. The molecule has 2 amide bonds. The van der Waals surface area contributed by atoms with Crippen LogP contribution in [0.4, 0.5) is 0 Å². The van der Waals surface area contributed by atoms with Gasteiger partial charge in [0.25, 0.3) is 5.91 Å². The van der Waals surface area contributed by atoms with Gasteiger partial charge in [-0.15, -0.1) is 0 Å². The SMILES string of the molecule is Cc1[nH]ncc1C(=O)N[C@@H]1CC(=O)N([C@@H]2C[C@H]2c2ccccc2)C1. The van der Waals surface area contributed by atoms with Crippen molar-refractivity contribution in [2.24, 2.45) is 0 Å². The van der Waals surface area contributed by atoms with Gasteiger partial charge in [-0.05, 0) is 18.9 Å². The van der Waals surface area contributed by atoms with Crippen LogP contribution in [-0.2, 0) is 4.79 Å². The third kappa shape index (κ3) is 2.68. The van der Waals surface area contributed by atoms with Gasteiger partial charge in [-0.1, -0.05) is 30.3 Å². The number of aromatic nitrogens is 2. The maximum absolute atomic E-state index is 12.3. The Morgan fingerprint density at radius 3 is 2.83 bits per heavy atom. The normalized spacial score (nSPS) is 25.8. The lowest BCUT2D eigenvalue weighted by atomic mass is 10.1. The first-order valence-electron chi connectivity index (χ1n) is 8.28. The molecule has 2 fully saturated rings. The molecule has 1 aliphatic carbocycles. The molecule has 0 radical (unpaired) electrons. The van der Waals surface area contributed by atoms with Crippen LogP contribution in [0.3, 0.4) is 0 Å². The summed E-state index contributed by atoms with van der Waals surface area (Å²) in [6.45, 7) is 2.40. The molecule has 3 atom stereocenters. The van der Waals surface area contributed by atoms with Gasteiger partial charge in [0, 0.05) is 30.6 Å². The molecule has 0 spiro atoms. The monoisotopic (exact) mass is 324 g/mol. The molecule has 4 rings (SSSR count). The summed E-state index contributed by atoms with van der Waals surface area (Å²) in [6, 6.07) is 10.5. The number of benzene rings is 1. The Morgan fingerprint density at radius 1 is 1.33 bits per heavy atom. The van der Waals surface area contributed by atoms with Crippen molar-refractivity contribution in [1.82, 2.24) is 20.4 Å². The van der Waals surface area contributed by atoms with E-state index in [9.17, 15) is 9.59 Å². The number of aryl methyl sites for hydroxylation is 1. The van der Waals surface area contributed by atoms with Crippen LogP contribution in [0.1, 0.15) is 40.4 Å². The fourth-order valence-corrected chi connectivity index (χ4v) is 3.58. The number of nitrogens with zero attached hydrogens (tertiary/aromatic N) is 2. The van der Waals surface area contributed by atoms with Crippen LogP contribution in [-0.4, -0.2) is 45.5 Å². The number of likely N-dealkylation sites (tertiary alicyclic amines) is 1. The molecule has 1 saturated carbocycles. The largest absolute Gasteiger partial charge is 0.347 e. The van der Waals surface area contributed by atoms with Gasteiger partial charge in [0.05, 0.1) is 17.8 Å². The maximum atomic E-state index is 12.3. The molecule has 2 N–H and O–H groups in total. The van der Waals surface area contributed by atoms with Crippen molar-refractivity contribution in [3.8, 4) is 0 Å². The first-order chi connectivity index (χ1) is 11.6. The van der Waals surface area contributed by atoms with Gasteiger partial charge in [0.15, 0.2) is 0 Å². The molecular weight excluding hydrogens is 304 g/mol. The van der Waals surface area contributed by atoms with Gasteiger partial charge in [0.1, 0.15) is 0 Å². The minimum atomic E-state index is -0.170. The highest BCUT2D eigenvalue weighted by molar-refractivity contribution is 5.95. The molecule has 1 aliphatic heterocycles. The average Bonchev–Trinajstić information content (AvgIpc) is 3.12. The summed E-state index contributed by atoms with van der Waals surface area (Å²) in [5, 5.41) is 9.58. The predicted molar refractivity (Wildman–Crippen MR) is 88.5 cm³/mol. The Bertz CT molecular complexity index is 770. The van der Waals surface area contributed by atoms with E-state index in [0.29, 0.717) is 24.4 Å². The topological polar surface area (TPSA) is 78.1 Å². The molecule has 24 heavy (non-hydrogen) atoms. The number of hydrogen-bond donors (Lipinski definition) is 2. The second-order valence-corrected chi connectivity index (χ2v) is 6.65. The minimum absolute atomic E-state index is 0.128. The van der Waals surface area contributed by atoms with Gasteiger partial charge >= 0.3 is 0 Å². The Kier molecular flexibility index (Phi) is 3.59. The smallest absolute Gasteiger partial charge is 0.255 e. The van der Waals surface area contributed by atoms with Crippen LogP contribution in [0.5, 0.6) is 0 Å². The Hall–Kier alpha value is -2.63. The summed E-state index contributed by atoms with van der Waals surface area (Å²) >= 11 is 0. The molecule has 6 nitrogen and oxygen atoms in total. The number of aromatic amines is 1. The summed E-state index contributed by atoms with van der Waals surface area (Å²) in [7, 11) is 0. The van der Waals surface area contributed by atoms with E-state index in [1.165, 1.54) is 11.8 Å². The summed E-state index contributed by atoms with van der Waals surface area (Å²) in [6.07, 6.45) is 2.91. The number of rotatable bonds is 4. The van der Waals surface area contributed by atoms with Crippen LogP contribution < -0.4 is 5.32 Å². The molecule has 0 unspecified atom stereocenters. The number of carbonyl (C=O) groups excluding carboxylic acids is 2. The molecule has 2 aromatic rings. The van der Waals surface area contributed by atoms with Gasteiger partial charge in [-0.25, -0.2) is 0 Å². The van der Waals surface area contributed by atoms with E-state index in [1.54, 1.807) is 0 Å². The molecule has 1 aromatic heterocycles. The second-order valence-electron chi connectivity index (χ2n) is 6.65. The van der Waals surface area contributed by atoms with Crippen LogP contribution in [0, 0.1) is 6.92 Å². The Morgan fingerprint density at radius 2 is 2.12 bits per heavy atom. The van der Waals surface area contributed by atoms with Crippen LogP contribution in [0.15, 0.2) is 36.5 Å². The van der Waals surface area contributed by atoms with Gasteiger partial charge in [-0.2, -0.15) is 5.10 Å². The first kappa shape index (κ1) is 14.9. The molecule has 6 heteroatoms. The lowest BCUT2D eigenvalue weighted by Gasteiger charge is -2.17. The van der Waals surface area contributed by atoms with Gasteiger partial charge in [0.2, 0.25) is 5.91 Å². The zero-order valence-electron chi connectivity index (χ0n) is 13.5. The highest BCUT2D eigenvalue weighted by Gasteiger charge is 2.48. The molecular formula is C18H20N4O2. The minimum Gasteiger partial charge on any atom is -0.347 e. The van der Waals surface area contributed by atoms with Crippen molar-refractivity contribution in [2.45, 2.75) is 37.8 Å². The average molecular weight is 324 g/mol. The van der Waals surface area contributed by atoms with Crippen molar-refractivity contribution in [3.05, 3.63) is 53.3 Å². The quantitative estimate of drug-likeness (QED) is 0.897. The summed E-state index contributed by atoms with van der Waals surface area (Å²) in [4.78, 5) is 26.5. The number of amides is 2. The maximum Gasteiger partial charge on any atom is 0.255 e. The third-order valence-electron chi connectivity index (χ3n) is 4.95. The zero-order chi connectivity index (χ0) is 16.7. The molecule has 1 saturated heterocycles. The highest BCUT2D eigenvalue weighted by Crippen LogP contribution is 2.45. The fourth-order valence-electron chi connectivity index (χ4n) is 3.58. The van der Waals surface area contributed by atoms with E-state index < -0.39 is 0 Å². The lowest BCUT2D eigenvalue weighted by Crippen LogP contribution is -2.38. The van der Waals surface area contributed by atoms with Crippen molar-refractivity contribution in [3.63, 3.8) is 0 Å². The number of H-pyrrole nitrogens is 1. The second kappa shape index (κ2) is 5.78. The third-order valence-corrected chi connectivity index (χ3v) is 4.95. The lowest BCUT2D eigenvalue weighted by molar-refractivity contribution is -0.128. The van der Waals surface area contributed by atoms with Crippen molar-refractivity contribution >= 4 is 11.8 Å². The van der Waals surface area contributed by atoms with E-state index in [-0.39, 0.29) is 23.9 Å². The molecule has 2 aliphatic rings. The predicted octanol–water partition coefficient (Wildman–Crippen LogP) is 1.60. The fraction of sp³-hybridized carbons (Fsp3) is 0.389. The van der Waals surface area contributed by atoms with Gasteiger partial charge in [-0.3, -0.25) is 14.7 Å². The molecule has 0 bridgehead atoms. The van der Waals surface area contributed by atoms with E-state index in [0.717, 1.165) is 12.1 Å². The van der Waals surface area contributed by atoms with E-state index in [1.807, 2.05) is 30.0 Å². The first-order valence-corrected chi connectivity index (χ1v) is 8.28. The summed E-state index contributed by atoms with van der Waals surface area (Å²) in [5.41, 5.74) is 2.56. The molecule has 124 valence electrons. The Labute approximate surface area is 140 Å². The van der Waals surface area contributed by atoms with E-state index >= 15 is 0 Å². The van der Waals surface area contributed by atoms with Crippen LogP contribution in [0.2, 0.25) is 0 Å². The number of hydrogen-bond acceptors (Lipinski definition) is 3. The number of carbonyl (C=O) groups is 2. The van der Waals surface area contributed by atoms with E-state index in [2.05, 4.69) is 27.6 Å². The Balaban J connectivity index is 1.38. The van der Waals surface area contributed by atoms with Crippen LogP contribution >= 0.6 is 0 Å². The summed E-state index contributed by atoms with van der Waals surface area (Å²) in [5.74, 6) is 0.393. The van der Waals surface area contributed by atoms with E-state index in [4.69, 9.17) is 0 Å². The van der Waals surface area contributed by atoms with Crippen molar-refractivity contribution in [2.75, 3.05) is 6.54 Å². The molecule has 2 heterocycles. The zero-order valence-corrected chi connectivity index (χ0v) is 13.5. The molecule has 1 aromatic carbocycles. The van der Waals surface area contributed by atoms with Crippen molar-refractivity contribution < 1.29 is 9.59 Å².